The fourth-order valence-electron chi connectivity index (χ4n) is 4.23. The first-order valence-corrected chi connectivity index (χ1v) is 10.4. The summed E-state index contributed by atoms with van der Waals surface area (Å²) in [6.45, 7) is 6.27. The van der Waals surface area contributed by atoms with E-state index in [1.54, 1.807) is 0 Å². The minimum atomic E-state index is 0.282. The van der Waals surface area contributed by atoms with Gasteiger partial charge >= 0.3 is 0 Å². The van der Waals surface area contributed by atoms with Crippen LogP contribution in [0.1, 0.15) is 47.9 Å². The van der Waals surface area contributed by atoms with Gasteiger partial charge in [0.2, 0.25) is 5.91 Å². The highest BCUT2D eigenvalue weighted by atomic mass is 32.1. The minimum absolute atomic E-state index is 0.282. The van der Waals surface area contributed by atoms with Crippen LogP contribution in [0.4, 0.5) is 0 Å². The average molecular weight is 371 g/mol. The summed E-state index contributed by atoms with van der Waals surface area (Å²) in [5, 5.41) is 6.40. The Labute approximate surface area is 159 Å². The lowest BCUT2D eigenvalue weighted by molar-refractivity contribution is -0.133. The molecule has 6 heteroatoms. The zero-order valence-electron chi connectivity index (χ0n) is 15.3. The van der Waals surface area contributed by atoms with Crippen molar-refractivity contribution in [3.63, 3.8) is 0 Å². The molecule has 3 heterocycles. The quantitative estimate of drug-likeness (QED) is 0.830. The van der Waals surface area contributed by atoms with Gasteiger partial charge in [-0.15, -0.1) is 5.10 Å². The van der Waals surface area contributed by atoms with Crippen LogP contribution in [0.2, 0.25) is 0 Å². The van der Waals surface area contributed by atoms with Crippen molar-refractivity contribution in [1.29, 1.82) is 0 Å². The number of aryl methyl sites for hydroxylation is 1. The highest BCUT2D eigenvalue weighted by Crippen LogP contribution is 2.39. The highest BCUT2D eigenvalue weighted by molar-refractivity contribution is 7.03. The van der Waals surface area contributed by atoms with E-state index in [1.165, 1.54) is 29.1 Å². The number of carbonyl (C=O) groups excluding carboxylic acids is 1. The fourth-order valence-corrected chi connectivity index (χ4v) is 4.75. The Hall–Kier alpha value is -1.79. The first kappa shape index (κ1) is 17.6. The van der Waals surface area contributed by atoms with Crippen LogP contribution in [0.3, 0.4) is 0 Å². The molecule has 0 spiro atoms. The van der Waals surface area contributed by atoms with Crippen molar-refractivity contribution in [2.45, 2.75) is 38.0 Å². The van der Waals surface area contributed by atoms with Crippen molar-refractivity contribution in [2.75, 3.05) is 32.7 Å². The van der Waals surface area contributed by atoms with Crippen molar-refractivity contribution < 1.29 is 4.79 Å². The molecular formula is C20H26N4OS. The van der Waals surface area contributed by atoms with Gasteiger partial charge in [0.15, 0.2) is 0 Å². The van der Waals surface area contributed by atoms with Crippen molar-refractivity contribution in [3.05, 3.63) is 46.5 Å². The molecule has 4 rings (SSSR count). The van der Waals surface area contributed by atoms with Gasteiger partial charge in [-0.2, -0.15) is 0 Å². The maximum absolute atomic E-state index is 12.7. The molecule has 2 saturated heterocycles. The second-order valence-electron chi connectivity index (χ2n) is 7.59. The lowest BCUT2D eigenvalue weighted by Crippen LogP contribution is -2.42. The summed E-state index contributed by atoms with van der Waals surface area (Å²) in [5.41, 5.74) is 3.67. The monoisotopic (exact) mass is 370 g/mol. The van der Waals surface area contributed by atoms with E-state index in [-0.39, 0.29) is 5.91 Å². The lowest BCUT2D eigenvalue weighted by Gasteiger charge is -2.28. The Morgan fingerprint density at radius 2 is 1.85 bits per heavy atom. The summed E-state index contributed by atoms with van der Waals surface area (Å²) in [6, 6.07) is 8.80. The van der Waals surface area contributed by atoms with Crippen LogP contribution in [-0.2, 0) is 4.79 Å². The van der Waals surface area contributed by atoms with Gasteiger partial charge in [-0.25, -0.2) is 0 Å². The Morgan fingerprint density at radius 1 is 1.12 bits per heavy atom. The number of piperidine rings is 1. The number of benzene rings is 1. The highest BCUT2D eigenvalue weighted by Gasteiger charge is 2.37. The second kappa shape index (κ2) is 7.84. The third-order valence-corrected chi connectivity index (χ3v) is 6.25. The number of nitrogens with zero attached hydrogens (tertiary/aromatic N) is 4. The number of carbonyl (C=O) groups is 1. The molecule has 2 atom stereocenters. The van der Waals surface area contributed by atoms with E-state index in [4.69, 9.17) is 0 Å². The van der Waals surface area contributed by atoms with Crippen LogP contribution in [0.15, 0.2) is 29.6 Å². The summed E-state index contributed by atoms with van der Waals surface area (Å²) in [5.74, 6) is 0.962. The van der Waals surface area contributed by atoms with Crippen LogP contribution < -0.4 is 0 Å². The predicted octanol–water partition coefficient (Wildman–Crippen LogP) is 3.04. The number of hydrogen-bond donors (Lipinski definition) is 0. The zero-order valence-corrected chi connectivity index (χ0v) is 16.1. The number of likely N-dealkylation sites (tertiary alicyclic amines) is 2. The molecule has 5 nitrogen and oxygen atoms in total. The van der Waals surface area contributed by atoms with Crippen LogP contribution in [0.5, 0.6) is 0 Å². The van der Waals surface area contributed by atoms with Crippen molar-refractivity contribution in [3.8, 4) is 0 Å². The molecule has 0 bridgehead atoms. The molecule has 0 unspecified atom stereocenters. The van der Waals surface area contributed by atoms with E-state index < -0.39 is 0 Å². The van der Waals surface area contributed by atoms with E-state index in [0.29, 0.717) is 18.4 Å². The van der Waals surface area contributed by atoms with Gasteiger partial charge in [-0.05, 0) is 43.3 Å². The Kier molecular flexibility index (Phi) is 5.31. The molecule has 0 N–H and O–H groups in total. The maximum Gasteiger partial charge on any atom is 0.236 e. The smallest absolute Gasteiger partial charge is 0.236 e. The molecular weight excluding hydrogens is 344 g/mol. The third kappa shape index (κ3) is 3.81. The molecule has 2 aliphatic rings. The van der Waals surface area contributed by atoms with E-state index >= 15 is 0 Å². The predicted molar refractivity (Wildman–Crippen MR) is 103 cm³/mol. The molecule has 0 radical (unpaired) electrons. The van der Waals surface area contributed by atoms with E-state index in [9.17, 15) is 4.79 Å². The first-order chi connectivity index (χ1) is 12.7. The van der Waals surface area contributed by atoms with Gasteiger partial charge in [-0.3, -0.25) is 9.69 Å². The molecule has 0 saturated carbocycles. The van der Waals surface area contributed by atoms with Crippen molar-refractivity contribution in [1.82, 2.24) is 19.4 Å². The van der Waals surface area contributed by atoms with Gasteiger partial charge < -0.3 is 4.90 Å². The maximum atomic E-state index is 12.7. The molecule has 2 aliphatic heterocycles. The SMILES string of the molecule is Cc1ccc([C@@H]2CN(CC(=O)N3CCCCC3)C[C@H]2c2csnn2)cc1. The van der Waals surface area contributed by atoms with Crippen LogP contribution in [-0.4, -0.2) is 58.0 Å². The second-order valence-corrected chi connectivity index (χ2v) is 8.20. The van der Waals surface area contributed by atoms with E-state index in [0.717, 1.165) is 44.7 Å². The van der Waals surface area contributed by atoms with Crippen LogP contribution in [0, 0.1) is 6.92 Å². The first-order valence-electron chi connectivity index (χ1n) is 9.54. The van der Waals surface area contributed by atoms with Gasteiger partial charge in [0.1, 0.15) is 0 Å². The summed E-state index contributed by atoms with van der Waals surface area (Å²) in [7, 11) is 0. The Bertz CT molecular complexity index is 725. The van der Waals surface area contributed by atoms with Gasteiger partial charge in [-0.1, -0.05) is 34.3 Å². The summed E-state index contributed by atoms with van der Waals surface area (Å²) < 4.78 is 4.07. The molecule has 1 aromatic carbocycles. The van der Waals surface area contributed by atoms with E-state index in [2.05, 4.69) is 51.1 Å². The van der Waals surface area contributed by atoms with Gasteiger partial charge in [0.25, 0.3) is 0 Å². The normalized spacial score (nSPS) is 24.1. The van der Waals surface area contributed by atoms with Crippen LogP contribution >= 0.6 is 11.5 Å². The van der Waals surface area contributed by atoms with Crippen molar-refractivity contribution in [2.24, 2.45) is 0 Å². The summed E-state index contributed by atoms with van der Waals surface area (Å²) in [4.78, 5) is 17.0. The fraction of sp³-hybridized carbons (Fsp3) is 0.550. The molecule has 1 amide bonds. The van der Waals surface area contributed by atoms with Crippen LogP contribution in [0.25, 0.3) is 0 Å². The molecule has 0 aliphatic carbocycles. The summed E-state index contributed by atoms with van der Waals surface area (Å²) >= 11 is 1.41. The molecule has 138 valence electrons. The van der Waals surface area contributed by atoms with Crippen molar-refractivity contribution >= 4 is 17.4 Å². The summed E-state index contributed by atoms with van der Waals surface area (Å²) in [6.07, 6.45) is 3.54. The standard InChI is InChI=1S/C20H26N4OS/c1-15-5-7-16(8-6-15)17-11-23(12-18(17)19-14-26-22-21-19)13-20(25)24-9-3-2-4-10-24/h5-8,14,17-18H,2-4,9-13H2,1H3/t17-,18+/m0/s1. The largest absolute Gasteiger partial charge is 0.342 e. The zero-order chi connectivity index (χ0) is 17.9. The minimum Gasteiger partial charge on any atom is -0.342 e. The number of aromatic nitrogens is 2. The average Bonchev–Trinajstić information content (AvgIpc) is 3.33. The Morgan fingerprint density at radius 3 is 2.54 bits per heavy atom. The number of rotatable bonds is 4. The third-order valence-electron chi connectivity index (χ3n) is 5.73. The molecule has 2 fully saturated rings. The topological polar surface area (TPSA) is 49.3 Å². The lowest BCUT2D eigenvalue weighted by atomic mass is 9.87. The van der Waals surface area contributed by atoms with Gasteiger partial charge in [0, 0.05) is 43.4 Å². The molecule has 26 heavy (non-hydrogen) atoms. The van der Waals surface area contributed by atoms with E-state index in [1.807, 2.05) is 4.90 Å². The number of hydrogen-bond acceptors (Lipinski definition) is 5. The van der Waals surface area contributed by atoms with Gasteiger partial charge in [0.05, 0.1) is 12.2 Å². The number of amides is 1. The molecule has 2 aromatic rings. The Balaban J connectivity index is 1.49. The molecule has 1 aromatic heterocycles.